The fourth-order valence-electron chi connectivity index (χ4n) is 3.03. The Bertz CT molecular complexity index is 1090. The second-order valence-corrected chi connectivity index (χ2v) is 9.80. The van der Waals surface area contributed by atoms with Gasteiger partial charge in [-0.25, -0.2) is 18.5 Å². The maximum Gasteiger partial charge on any atom is 0.274 e. The number of primary sulfonamides is 1. The number of aromatic amines is 1. The molecule has 0 saturated carbocycles. The highest BCUT2D eigenvalue weighted by Crippen LogP contribution is 2.22. The number of nitrogens with two attached hydrogens (primary N) is 1. The summed E-state index contributed by atoms with van der Waals surface area (Å²) in [5, 5.41) is 5.02. The van der Waals surface area contributed by atoms with E-state index in [9.17, 15) is 18.0 Å². The molecule has 1 aromatic heterocycles. The van der Waals surface area contributed by atoms with Gasteiger partial charge >= 0.3 is 0 Å². The van der Waals surface area contributed by atoms with Gasteiger partial charge < -0.3 is 9.88 Å². The van der Waals surface area contributed by atoms with Gasteiger partial charge in [-0.3, -0.25) is 14.5 Å². The molecule has 1 heterocycles. The molecule has 0 radical (unpaired) electrons. The molecule has 0 aliphatic rings. The maximum absolute atomic E-state index is 12.9. The first-order valence-corrected chi connectivity index (χ1v) is 12.4. The van der Waals surface area contributed by atoms with E-state index in [1.54, 1.807) is 7.05 Å². The molecule has 9 nitrogen and oxygen atoms in total. The van der Waals surface area contributed by atoms with Crippen molar-refractivity contribution >= 4 is 44.1 Å². The van der Waals surface area contributed by atoms with Crippen LogP contribution >= 0.6 is 15.9 Å². The van der Waals surface area contributed by atoms with Gasteiger partial charge in [0.25, 0.3) is 5.91 Å². The van der Waals surface area contributed by atoms with Crippen LogP contribution in [0.1, 0.15) is 34.7 Å². The van der Waals surface area contributed by atoms with Crippen LogP contribution in [0.25, 0.3) is 0 Å². The first-order valence-electron chi connectivity index (χ1n) is 9.90. The standard InChI is InChI=1S/C21H26BrN5O4S/c1-3-12-26(2)21(29)19-20(27(15-28)13-6-7-14-32(23,30)31)25-18(24-19)11-10-16-8-4-5-9-17(16)22/h1,4-5,8-9,15H,6-7,10-14H2,2H3,(H,24,25)(H2,23,30,31). The number of halogens is 1. The van der Waals surface area contributed by atoms with Crippen LogP contribution in [0.2, 0.25) is 0 Å². The second kappa shape index (κ2) is 11.8. The van der Waals surface area contributed by atoms with Crippen LogP contribution in [-0.4, -0.2) is 61.5 Å². The molecule has 2 amide bonds. The third-order valence-electron chi connectivity index (χ3n) is 4.69. The Morgan fingerprint density at radius 3 is 2.66 bits per heavy atom. The van der Waals surface area contributed by atoms with Crippen molar-refractivity contribution in [1.29, 1.82) is 0 Å². The number of aromatic nitrogens is 2. The number of nitrogens with one attached hydrogen (secondary N) is 1. The molecule has 0 aliphatic carbocycles. The van der Waals surface area contributed by atoms with Gasteiger partial charge in [-0.1, -0.05) is 40.0 Å². The molecule has 2 aromatic rings. The van der Waals surface area contributed by atoms with E-state index in [0.29, 0.717) is 31.5 Å². The fourth-order valence-corrected chi connectivity index (χ4v) is 4.12. The second-order valence-electron chi connectivity index (χ2n) is 7.21. The molecule has 0 atom stereocenters. The average Bonchev–Trinajstić information content (AvgIpc) is 3.16. The Balaban J connectivity index is 2.24. The fraction of sp³-hybridized carbons (Fsp3) is 0.381. The van der Waals surface area contributed by atoms with E-state index in [4.69, 9.17) is 11.6 Å². The predicted molar refractivity (Wildman–Crippen MR) is 127 cm³/mol. The molecule has 0 bridgehead atoms. The number of amides is 2. The Morgan fingerprint density at radius 2 is 2.03 bits per heavy atom. The number of hydrogen-bond donors (Lipinski definition) is 2. The summed E-state index contributed by atoms with van der Waals surface area (Å²) in [6, 6.07) is 7.80. The van der Waals surface area contributed by atoms with Crippen LogP contribution in [0.3, 0.4) is 0 Å². The minimum atomic E-state index is -3.58. The molecule has 0 unspecified atom stereocenters. The molecule has 11 heteroatoms. The van der Waals surface area contributed by atoms with Crippen molar-refractivity contribution < 1.29 is 18.0 Å². The Hall–Kier alpha value is -2.68. The van der Waals surface area contributed by atoms with Crippen molar-refractivity contribution in [2.75, 3.05) is 30.8 Å². The summed E-state index contributed by atoms with van der Waals surface area (Å²) in [5.74, 6) is 2.56. The lowest BCUT2D eigenvalue weighted by Gasteiger charge is -2.18. The van der Waals surface area contributed by atoms with Crippen LogP contribution in [0.15, 0.2) is 28.7 Å². The number of unbranched alkanes of at least 4 members (excludes halogenated alkanes) is 1. The first-order chi connectivity index (χ1) is 15.2. The molecule has 0 fully saturated rings. The van der Waals surface area contributed by atoms with Gasteiger partial charge in [-0.15, -0.1) is 6.42 Å². The van der Waals surface area contributed by atoms with Gasteiger partial charge in [0.2, 0.25) is 16.4 Å². The number of aryl methyl sites for hydroxylation is 2. The highest BCUT2D eigenvalue weighted by atomic mass is 79.9. The first kappa shape index (κ1) is 25.6. The molecule has 0 aliphatic heterocycles. The number of hydrogen-bond acceptors (Lipinski definition) is 5. The third kappa shape index (κ3) is 7.47. The number of benzene rings is 1. The van der Waals surface area contributed by atoms with E-state index >= 15 is 0 Å². The normalized spacial score (nSPS) is 11.1. The molecule has 1 aromatic carbocycles. The number of anilines is 1. The van der Waals surface area contributed by atoms with E-state index in [1.807, 2.05) is 24.3 Å². The smallest absolute Gasteiger partial charge is 0.274 e. The molecular formula is C21H26BrN5O4S. The molecular weight excluding hydrogens is 498 g/mol. The van der Waals surface area contributed by atoms with Crippen LogP contribution in [0.5, 0.6) is 0 Å². The summed E-state index contributed by atoms with van der Waals surface area (Å²) >= 11 is 3.52. The van der Waals surface area contributed by atoms with Gasteiger partial charge in [-0.05, 0) is 30.9 Å². The minimum absolute atomic E-state index is 0.0963. The summed E-state index contributed by atoms with van der Waals surface area (Å²) in [4.78, 5) is 34.8. The topological polar surface area (TPSA) is 129 Å². The SMILES string of the molecule is C#CCN(C)C(=O)c1[nH]c(CCc2ccccc2Br)nc1N(C=O)CCCCS(N)(=O)=O. The number of nitrogens with zero attached hydrogens (tertiary/aromatic N) is 3. The molecule has 0 saturated heterocycles. The zero-order chi connectivity index (χ0) is 23.7. The summed E-state index contributed by atoms with van der Waals surface area (Å²) in [6.07, 6.45) is 7.72. The lowest BCUT2D eigenvalue weighted by molar-refractivity contribution is -0.107. The van der Waals surface area contributed by atoms with E-state index in [0.717, 1.165) is 10.0 Å². The lowest BCUT2D eigenvalue weighted by atomic mass is 10.1. The van der Waals surface area contributed by atoms with Crippen LogP contribution in [0, 0.1) is 12.3 Å². The zero-order valence-electron chi connectivity index (χ0n) is 17.8. The van der Waals surface area contributed by atoms with Crippen LogP contribution < -0.4 is 10.0 Å². The van der Waals surface area contributed by atoms with Crippen molar-refractivity contribution in [3.63, 3.8) is 0 Å². The summed E-state index contributed by atoms with van der Waals surface area (Å²) < 4.78 is 23.2. The van der Waals surface area contributed by atoms with Gasteiger partial charge in [0.1, 0.15) is 11.5 Å². The van der Waals surface area contributed by atoms with Crippen LogP contribution in [0.4, 0.5) is 5.82 Å². The Labute approximate surface area is 196 Å². The number of rotatable bonds is 12. The number of carbonyl (C=O) groups is 2. The van der Waals surface area contributed by atoms with E-state index in [1.165, 1.54) is 9.80 Å². The maximum atomic E-state index is 12.9. The van der Waals surface area contributed by atoms with Crippen molar-refractivity contribution in [2.45, 2.75) is 25.7 Å². The van der Waals surface area contributed by atoms with Crippen molar-refractivity contribution in [3.05, 3.63) is 45.8 Å². The van der Waals surface area contributed by atoms with E-state index in [-0.39, 0.29) is 36.8 Å². The number of imidazole rings is 1. The van der Waals surface area contributed by atoms with Gasteiger partial charge in [-0.2, -0.15) is 0 Å². The number of terminal acetylenes is 1. The number of sulfonamides is 1. The van der Waals surface area contributed by atoms with Gasteiger partial charge in [0.15, 0.2) is 5.82 Å². The number of carbonyl (C=O) groups excluding carboxylic acids is 2. The Kier molecular flexibility index (Phi) is 9.43. The largest absolute Gasteiger partial charge is 0.336 e. The lowest BCUT2D eigenvalue weighted by Crippen LogP contribution is -2.31. The summed E-state index contributed by atoms with van der Waals surface area (Å²) in [6.45, 7) is 0.283. The van der Waals surface area contributed by atoms with E-state index in [2.05, 4.69) is 31.8 Å². The van der Waals surface area contributed by atoms with Crippen molar-refractivity contribution in [2.24, 2.45) is 5.14 Å². The predicted octanol–water partition coefficient (Wildman–Crippen LogP) is 1.69. The molecule has 32 heavy (non-hydrogen) atoms. The van der Waals surface area contributed by atoms with Crippen molar-refractivity contribution in [3.8, 4) is 12.3 Å². The minimum Gasteiger partial charge on any atom is -0.336 e. The molecule has 2 rings (SSSR count). The third-order valence-corrected chi connectivity index (χ3v) is 6.32. The van der Waals surface area contributed by atoms with Gasteiger partial charge in [0.05, 0.1) is 12.3 Å². The molecule has 3 N–H and O–H groups in total. The monoisotopic (exact) mass is 523 g/mol. The van der Waals surface area contributed by atoms with Crippen LogP contribution in [-0.2, 0) is 27.7 Å². The zero-order valence-corrected chi connectivity index (χ0v) is 20.2. The summed E-state index contributed by atoms with van der Waals surface area (Å²) in [7, 11) is -2.02. The highest BCUT2D eigenvalue weighted by molar-refractivity contribution is 9.10. The van der Waals surface area contributed by atoms with Gasteiger partial charge in [0, 0.05) is 24.5 Å². The van der Waals surface area contributed by atoms with Crippen molar-refractivity contribution in [1.82, 2.24) is 14.9 Å². The quantitative estimate of drug-likeness (QED) is 0.248. The summed E-state index contributed by atoms with van der Waals surface area (Å²) in [5.41, 5.74) is 1.24. The highest BCUT2D eigenvalue weighted by Gasteiger charge is 2.24. The molecule has 172 valence electrons. The average molecular weight is 524 g/mol. The number of H-pyrrole nitrogens is 1. The molecule has 0 spiro atoms. The van der Waals surface area contributed by atoms with E-state index < -0.39 is 15.9 Å². The Morgan fingerprint density at radius 1 is 1.31 bits per heavy atom.